The first kappa shape index (κ1) is 31.0. The number of nitrogens with one attached hydrogen (secondary N) is 3. The summed E-state index contributed by atoms with van der Waals surface area (Å²) in [5.41, 5.74) is 6.81. The van der Waals surface area contributed by atoms with Gasteiger partial charge < -0.3 is 16.0 Å². The number of aryl methyl sites for hydroxylation is 2. The van der Waals surface area contributed by atoms with Crippen LogP contribution in [0.5, 0.6) is 0 Å². The van der Waals surface area contributed by atoms with Crippen LogP contribution in [0.4, 0.5) is 11.4 Å². The average molecular weight is 612 g/mol. The molecule has 6 nitrogen and oxygen atoms in total. The van der Waals surface area contributed by atoms with Crippen LogP contribution in [0.2, 0.25) is 0 Å². The Kier molecular flexibility index (Phi) is 10.2. The number of anilines is 2. The molecule has 0 aliphatic rings. The van der Waals surface area contributed by atoms with Crippen molar-refractivity contribution in [2.24, 2.45) is 0 Å². The summed E-state index contributed by atoms with van der Waals surface area (Å²) in [5, 5.41) is 8.69. The largest absolute Gasteiger partial charge is 0.325 e. The first-order valence-corrected chi connectivity index (χ1v) is 15.5. The van der Waals surface area contributed by atoms with Gasteiger partial charge in [-0.05, 0) is 78.1 Å². The molecule has 7 heteroatoms. The van der Waals surface area contributed by atoms with Gasteiger partial charge in [0, 0.05) is 21.8 Å². The van der Waals surface area contributed by atoms with E-state index in [2.05, 4.69) is 16.0 Å². The Morgan fingerprint density at radius 2 is 1.29 bits per heavy atom. The zero-order chi connectivity index (χ0) is 31.6. The second kappa shape index (κ2) is 14.9. The molecule has 0 heterocycles. The molecule has 224 valence electrons. The standard InChI is InChI=1S/C38H33N3O3S/c1-26-11-9-12-27(2)36(26)41-35(42)25-45-33-18-10-17-32(24-33)39-38(44)34(40-37(43)31-15-7-4-8-16-31)23-28-19-21-30(22-20-28)29-13-5-3-6-14-29/h3-24H,25H2,1-2H3,(H,39,44)(H,40,43)(H,41,42)/b34-23+. The predicted molar refractivity (Wildman–Crippen MR) is 184 cm³/mol. The van der Waals surface area contributed by atoms with Gasteiger partial charge in [-0.25, -0.2) is 0 Å². The van der Waals surface area contributed by atoms with Crippen molar-refractivity contribution in [3.63, 3.8) is 0 Å². The molecule has 3 N–H and O–H groups in total. The van der Waals surface area contributed by atoms with Crippen LogP contribution in [0.25, 0.3) is 17.2 Å². The maximum atomic E-state index is 13.6. The molecule has 5 aromatic rings. The zero-order valence-corrected chi connectivity index (χ0v) is 25.9. The highest BCUT2D eigenvalue weighted by Gasteiger charge is 2.16. The number of hydrogen-bond donors (Lipinski definition) is 3. The highest BCUT2D eigenvalue weighted by atomic mass is 32.2. The third kappa shape index (κ3) is 8.59. The maximum Gasteiger partial charge on any atom is 0.272 e. The van der Waals surface area contributed by atoms with Crippen molar-refractivity contribution in [3.05, 3.63) is 155 Å². The van der Waals surface area contributed by atoms with E-state index >= 15 is 0 Å². The van der Waals surface area contributed by atoms with Crippen LogP contribution < -0.4 is 16.0 Å². The Morgan fingerprint density at radius 1 is 0.667 bits per heavy atom. The SMILES string of the molecule is Cc1cccc(C)c1NC(=O)CSc1cccc(NC(=O)/C(=C\c2ccc(-c3ccccc3)cc2)NC(=O)c2ccccc2)c1. The Bertz CT molecular complexity index is 1820. The molecule has 0 unspecified atom stereocenters. The number of benzene rings is 5. The quantitative estimate of drug-likeness (QED) is 0.110. The number of amides is 3. The fourth-order valence-corrected chi connectivity index (χ4v) is 5.46. The minimum absolute atomic E-state index is 0.0994. The normalized spacial score (nSPS) is 11.0. The van der Waals surface area contributed by atoms with Crippen molar-refractivity contribution < 1.29 is 14.4 Å². The number of carbonyl (C=O) groups is 3. The Labute approximate surface area is 267 Å². The van der Waals surface area contributed by atoms with Crippen LogP contribution in [-0.4, -0.2) is 23.5 Å². The van der Waals surface area contributed by atoms with E-state index in [0.717, 1.165) is 38.4 Å². The van der Waals surface area contributed by atoms with Crippen molar-refractivity contribution in [1.29, 1.82) is 0 Å². The van der Waals surface area contributed by atoms with Crippen molar-refractivity contribution in [1.82, 2.24) is 5.32 Å². The monoisotopic (exact) mass is 611 g/mol. The van der Waals surface area contributed by atoms with E-state index in [4.69, 9.17) is 0 Å². The lowest BCUT2D eigenvalue weighted by atomic mass is 10.0. The zero-order valence-electron chi connectivity index (χ0n) is 25.0. The fraction of sp³-hybridized carbons (Fsp3) is 0.0789. The van der Waals surface area contributed by atoms with Gasteiger partial charge in [0.25, 0.3) is 11.8 Å². The Morgan fingerprint density at radius 3 is 1.98 bits per heavy atom. The molecule has 0 aliphatic carbocycles. The van der Waals surface area contributed by atoms with Gasteiger partial charge in [-0.15, -0.1) is 11.8 Å². The van der Waals surface area contributed by atoms with Crippen LogP contribution in [0, 0.1) is 13.8 Å². The van der Waals surface area contributed by atoms with Crippen LogP contribution in [0.1, 0.15) is 27.0 Å². The molecule has 45 heavy (non-hydrogen) atoms. The molecule has 5 rings (SSSR count). The molecule has 0 radical (unpaired) electrons. The van der Waals surface area contributed by atoms with Crippen molar-refractivity contribution in [3.8, 4) is 11.1 Å². The predicted octanol–water partition coefficient (Wildman–Crippen LogP) is 8.11. The minimum atomic E-state index is -0.471. The second-order valence-electron chi connectivity index (χ2n) is 10.5. The maximum absolute atomic E-state index is 13.6. The summed E-state index contributed by atoms with van der Waals surface area (Å²) in [7, 11) is 0. The smallest absolute Gasteiger partial charge is 0.272 e. The van der Waals surface area contributed by atoms with Crippen LogP contribution >= 0.6 is 11.8 Å². The molecular weight excluding hydrogens is 579 g/mol. The molecule has 5 aromatic carbocycles. The highest BCUT2D eigenvalue weighted by Crippen LogP contribution is 2.25. The van der Waals surface area contributed by atoms with Crippen molar-refractivity contribution >= 4 is 46.9 Å². The van der Waals surface area contributed by atoms with Gasteiger partial charge in [0.2, 0.25) is 5.91 Å². The summed E-state index contributed by atoms with van der Waals surface area (Å²) in [6, 6.07) is 39.7. The lowest BCUT2D eigenvalue weighted by Gasteiger charge is -2.13. The Hall–Kier alpha value is -5.40. The molecule has 0 fully saturated rings. The molecule has 0 aliphatic heterocycles. The van der Waals surface area contributed by atoms with Crippen LogP contribution in [0.3, 0.4) is 0 Å². The molecule has 0 spiro atoms. The van der Waals surface area contributed by atoms with Gasteiger partial charge in [-0.1, -0.05) is 97.1 Å². The number of carbonyl (C=O) groups excluding carboxylic acids is 3. The van der Waals surface area contributed by atoms with E-state index < -0.39 is 11.8 Å². The van der Waals surface area contributed by atoms with Gasteiger partial charge in [0.05, 0.1) is 5.75 Å². The molecule has 0 saturated carbocycles. The van der Waals surface area contributed by atoms with Crippen LogP contribution in [-0.2, 0) is 9.59 Å². The lowest BCUT2D eigenvalue weighted by molar-refractivity contribution is -0.114. The molecular formula is C38H33N3O3S. The van der Waals surface area contributed by atoms with Gasteiger partial charge in [-0.2, -0.15) is 0 Å². The summed E-state index contributed by atoms with van der Waals surface area (Å²) in [5.74, 6) is -0.764. The number of thioether (sulfide) groups is 1. The minimum Gasteiger partial charge on any atom is -0.325 e. The van der Waals surface area contributed by atoms with E-state index in [1.54, 1.807) is 42.5 Å². The average Bonchev–Trinajstić information content (AvgIpc) is 3.06. The highest BCUT2D eigenvalue weighted by molar-refractivity contribution is 8.00. The fourth-order valence-electron chi connectivity index (χ4n) is 4.71. The van der Waals surface area contributed by atoms with Gasteiger partial charge >= 0.3 is 0 Å². The second-order valence-corrected chi connectivity index (χ2v) is 11.5. The molecule has 0 atom stereocenters. The number of para-hydroxylation sites is 1. The topological polar surface area (TPSA) is 87.3 Å². The first-order chi connectivity index (χ1) is 21.9. The Balaban J connectivity index is 1.30. The number of rotatable bonds is 10. The van der Waals surface area contributed by atoms with E-state index in [9.17, 15) is 14.4 Å². The lowest BCUT2D eigenvalue weighted by Crippen LogP contribution is -2.30. The summed E-state index contributed by atoms with van der Waals surface area (Å²) >= 11 is 1.37. The summed E-state index contributed by atoms with van der Waals surface area (Å²) in [6.07, 6.45) is 1.65. The van der Waals surface area contributed by atoms with Crippen molar-refractivity contribution in [2.75, 3.05) is 16.4 Å². The van der Waals surface area contributed by atoms with E-state index in [1.165, 1.54) is 11.8 Å². The number of hydrogen-bond acceptors (Lipinski definition) is 4. The molecule has 0 saturated heterocycles. The summed E-state index contributed by atoms with van der Waals surface area (Å²) in [4.78, 5) is 40.1. The third-order valence-corrected chi connectivity index (χ3v) is 8.06. The van der Waals surface area contributed by atoms with E-state index in [0.29, 0.717) is 11.3 Å². The van der Waals surface area contributed by atoms with Gasteiger partial charge in [0.15, 0.2) is 0 Å². The molecule has 0 bridgehead atoms. The summed E-state index contributed by atoms with van der Waals surface area (Å²) in [6.45, 7) is 3.93. The molecule has 3 amide bonds. The molecule has 0 aromatic heterocycles. The van der Waals surface area contributed by atoms with E-state index in [-0.39, 0.29) is 17.4 Å². The summed E-state index contributed by atoms with van der Waals surface area (Å²) < 4.78 is 0. The first-order valence-electron chi connectivity index (χ1n) is 14.5. The third-order valence-electron chi connectivity index (χ3n) is 7.06. The van der Waals surface area contributed by atoms with E-state index in [1.807, 2.05) is 105 Å². The van der Waals surface area contributed by atoms with Crippen molar-refractivity contribution in [2.45, 2.75) is 18.7 Å². The van der Waals surface area contributed by atoms with Gasteiger partial charge in [-0.3, -0.25) is 14.4 Å². The van der Waals surface area contributed by atoms with Crippen LogP contribution in [0.15, 0.2) is 138 Å². The van der Waals surface area contributed by atoms with Gasteiger partial charge in [0.1, 0.15) is 5.70 Å².